The zero-order chi connectivity index (χ0) is 17.2. The van der Waals surface area contributed by atoms with Gasteiger partial charge >= 0.3 is 0 Å². The number of ether oxygens (including phenoxy) is 1. The first-order chi connectivity index (χ1) is 12.3. The van der Waals surface area contributed by atoms with Crippen LogP contribution in [0.15, 0.2) is 54.6 Å². The second-order valence-corrected chi connectivity index (χ2v) is 5.86. The standard InChI is InChI=1S/C20H16N4O/c21-12-17-16-10-11-25-13-18(16)23-24(20(17)22)19-9-5-4-8-15(19)14-6-2-1-3-7-14/h1-9,22H,10-11,13H2. The Hall–Kier alpha value is -3.23. The van der Waals surface area contributed by atoms with Gasteiger partial charge < -0.3 is 4.74 Å². The van der Waals surface area contributed by atoms with E-state index >= 15 is 0 Å². The molecule has 2 heterocycles. The molecule has 0 bridgehead atoms. The Balaban J connectivity index is 1.99. The topological polar surface area (TPSA) is 74.7 Å². The van der Waals surface area contributed by atoms with Gasteiger partial charge in [-0.1, -0.05) is 48.5 Å². The van der Waals surface area contributed by atoms with Gasteiger partial charge in [-0.05, 0) is 18.1 Å². The minimum absolute atomic E-state index is 0.117. The van der Waals surface area contributed by atoms with Crippen molar-refractivity contribution >= 4 is 0 Å². The Morgan fingerprint density at radius 3 is 2.64 bits per heavy atom. The molecule has 0 saturated heterocycles. The van der Waals surface area contributed by atoms with Crippen molar-refractivity contribution < 1.29 is 4.74 Å². The number of aromatic nitrogens is 2. The first-order valence-corrected chi connectivity index (χ1v) is 8.12. The van der Waals surface area contributed by atoms with E-state index in [2.05, 4.69) is 11.2 Å². The van der Waals surface area contributed by atoms with Crippen LogP contribution in [0, 0.1) is 16.7 Å². The molecule has 0 amide bonds. The third-order valence-electron chi connectivity index (χ3n) is 4.38. The number of nitrogens with zero attached hydrogens (tertiary/aromatic N) is 3. The third kappa shape index (κ3) is 2.63. The molecule has 0 spiro atoms. The van der Waals surface area contributed by atoms with Crippen LogP contribution in [0.3, 0.4) is 0 Å². The molecule has 5 heteroatoms. The molecule has 4 rings (SSSR count). The van der Waals surface area contributed by atoms with E-state index in [0.717, 1.165) is 28.1 Å². The molecule has 122 valence electrons. The summed E-state index contributed by atoms with van der Waals surface area (Å²) < 4.78 is 7.04. The fourth-order valence-electron chi connectivity index (χ4n) is 3.17. The van der Waals surface area contributed by atoms with Crippen LogP contribution in [0.1, 0.15) is 16.8 Å². The molecule has 0 radical (unpaired) electrons. The van der Waals surface area contributed by atoms with Gasteiger partial charge in [0.1, 0.15) is 11.6 Å². The molecule has 25 heavy (non-hydrogen) atoms. The average Bonchev–Trinajstić information content (AvgIpc) is 2.68. The first-order valence-electron chi connectivity index (χ1n) is 8.12. The molecule has 1 aromatic heterocycles. The summed E-state index contributed by atoms with van der Waals surface area (Å²) in [4.78, 5) is 0. The molecule has 0 fully saturated rings. The molecule has 3 aromatic rings. The fraction of sp³-hybridized carbons (Fsp3) is 0.150. The van der Waals surface area contributed by atoms with Crippen molar-refractivity contribution in [3.05, 3.63) is 76.9 Å². The van der Waals surface area contributed by atoms with Crippen LogP contribution >= 0.6 is 0 Å². The van der Waals surface area contributed by atoms with Gasteiger partial charge in [0.15, 0.2) is 5.49 Å². The predicted molar refractivity (Wildman–Crippen MR) is 92.9 cm³/mol. The van der Waals surface area contributed by atoms with Crippen molar-refractivity contribution in [2.24, 2.45) is 0 Å². The normalized spacial score (nSPS) is 13.1. The van der Waals surface area contributed by atoms with E-state index < -0.39 is 0 Å². The summed E-state index contributed by atoms with van der Waals surface area (Å²) in [5.41, 5.74) is 4.87. The van der Waals surface area contributed by atoms with E-state index in [4.69, 9.17) is 10.1 Å². The van der Waals surface area contributed by atoms with Gasteiger partial charge in [-0.2, -0.15) is 10.4 Å². The number of benzene rings is 2. The maximum atomic E-state index is 9.58. The summed E-state index contributed by atoms with van der Waals surface area (Å²) >= 11 is 0. The van der Waals surface area contributed by atoms with E-state index in [-0.39, 0.29) is 5.49 Å². The molecule has 5 nitrogen and oxygen atoms in total. The van der Waals surface area contributed by atoms with E-state index in [1.807, 2.05) is 54.6 Å². The SMILES string of the molecule is N#Cc1c2c(nn(-c3ccccc3-c3ccccc3)c1=N)COCC2. The number of nitriles is 1. The minimum Gasteiger partial charge on any atom is -0.375 e. The predicted octanol–water partition coefficient (Wildman–Crippen LogP) is 2.96. The molecule has 1 aliphatic heterocycles. The van der Waals surface area contributed by atoms with Crippen molar-refractivity contribution in [3.8, 4) is 22.9 Å². The van der Waals surface area contributed by atoms with Gasteiger partial charge in [-0.25, -0.2) is 4.68 Å². The maximum Gasteiger partial charge on any atom is 0.165 e. The monoisotopic (exact) mass is 328 g/mol. The Labute approximate surface area is 145 Å². The molecular weight excluding hydrogens is 312 g/mol. The number of fused-ring (bicyclic) bond motifs is 1. The molecule has 1 aliphatic rings. The number of hydrogen-bond donors (Lipinski definition) is 1. The lowest BCUT2D eigenvalue weighted by molar-refractivity contribution is 0.106. The summed E-state index contributed by atoms with van der Waals surface area (Å²) in [5.74, 6) is 0. The summed E-state index contributed by atoms with van der Waals surface area (Å²) in [6.45, 7) is 0.936. The zero-order valence-corrected chi connectivity index (χ0v) is 13.6. The fourth-order valence-corrected chi connectivity index (χ4v) is 3.17. The molecule has 0 atom stereocenters. The first kappa shape index (κ1) is 15.3. The summed E-state index contributed by atoms with van der Waals surface area (Å²) in [7, 11) is 0. The number of rotatable bonds is 2. The molecular formula is C20H16N4O. The largest absolute Gasteiger partial charge is 0.375 e. The Morgan fingerprint density at radius 2 is 1.84 bits per heavy atom. The van der Waals surface area contributed by atoms with Crippen molar-refractivity contribution in [1.82, 2.24) is 9.78 Å². The highest BCUT2D eigenvalue weighted by Gasteiger charge is 2.20. The smallest absolute Gasteiger partial charge is 0.165 e. The Bertz CT molecular complexity index is 1030. The Morgan fingerprint density at radius 1 is 1.08 bits per heavy atom. The number of para-hydroxylation sites is 1. The lowest BCUT2D eigenvalue weighted by Gasteiger charge is -2.20. The van der Waals surface area contributed by atoms with Gasteiger partial charge in [-0.3, -0.25) is 5.41 Å². The average molecular weight is 328 g/mol. The second kappa shape index (κ2) is 6.34. The minimum atomic E-state index is 0.117. The van der Waals surface area contributed by atoms with Gasteiger partial charge in [0, 0.05) is 11.1 Å². The van der Waals surface area contributed by atoms with Crippen molar-refractivity contribution in [2.75, 3.05) is 6.61 Å². The van der Waals surface area contributed by atoms with Gasteiger partial charge in [0.2, 0.25) is 0 Å². The van der Waals surface area contributed by atoms with E-state index in [0.29, 0.717) is 25.2 Å². The maximum absolute atomic E-state index is 9.58. The molecule has 0 saturated carbocycles. The second-order valence-electron chi connectivity index (χ2n) is 5.86. The highest BCUT2D eigenvalue weighted by molar-refractivity contribution is 5.72. The van der Waals surface area contributed by atoms with Crippen LogP contribution in [0.25, 0.3) is 16.8 Å². The van der Waals surface area contributed by atoms with Crippen molar-refractivity contribution in [1.29, 1.82) is 10.7 Å². The molecule has 1 N–H and O–H groups in total. The van der Waals surface area contributed by atoms with Crippen LogP contribution in [0.5, 0.6) is 0 Å². The highest BCUT2D eigenvalue weighted by atomic mass is 16.5. The number of nitrogens with one attached hydrogen (secondary N) is 1. The summed E-state index contributed by atoms with van der Waals surface area (Å²) in [6.07, 6.45) is 0.623. The van der Waals surface area contributed by atoms with Crippen LogP contribution < -0.4 is 5.49 Å². The third-order valence-corrected chi connectivity index (χ3v) is 4.38. The molecule has 2 aromatic carbocycles. The highest BCUT2D eigenvalue weighted by Crippen LogP contribution is 2.26. The summed E-state index contributed by atoms with van der Waals surface area (Å²) in [6, 6.07) is 20.0. The lowest BCUT2D eigenvalue weighted by atomic mass is 10.0. The molecule has 0 unspecified atom stereocenters. The molecule has 0 aliphatic carbocycles. The Kier molecular flexibility index (Phi) is 3.88. The van der Waals surface area contributed by atoms with Crippen molar-refractivity contribution in [3.63, 3.8) is 0 Å². The van der Waals surface area contributed by atoms with E-state index in [1.54, 1.807) is 4.68 Å². The van der Waals surface area contributed by atoms with Crippen molar-refractivity contribution in [2.45, 2.75) is 13.0 Å². The van der Waals surface area contributed by atoms with Crippen LogP contribution in [-0.4, -0.2) is 16.4 Å². The van der Waals surface area contributed by atoms with Gasteiger partial charge in [0.25, 0.3) is 0 Å². The van der Waals surface area contributed by atoms with Crippen LogP contribution in [0.2, 0.25) is 0 Å². The van der Waals surface area contributed by atoms with Gasteiger partial charge in [-0.15, -0.1) is 0 Å². The number of hydrogen-bond acceptors (Lipinski definition) is 4. The van der Waals surface area contributed by atoms with E-state index in [9.17, 15) is 5.26 Å². The zero-order valence-electron chi connectivity index (χ0n) is 13.6. The van der Waals surface area contributed by atoms with Gasteiger partial charge in [0.05, 0.1) is 24.6 Å². The lowest BCUT2D eigenvalue weighted by Crippen LogP contribution is -2.30. The van der Waals surface area contributed by atoms with Crippen LogP contribution in [0.4, 0.5) is 0 Å². The van der Waals surface area contributed by atoms with E-state index in [1.165, 1.54) is 0 Å². The quantitative estimate of drug-likeness (QED) is 0.786. The summed E-state index contributed by atoms with van der Waals surface area (Å²) in [5, 5.41) is 22.7. The van der Waals surface area contributed by atoms with Crippen LogP contribution in [-0.2, 0) is 17.8 Å².